The van der Waals surface area contributed by atoms with Gasteiger partial charge in [-0.1, -0.05) is 38.1 Å². The Morgan fingerprint density at radius 3 is 2.56 bits per heavy atom. The van der Waals surface area contributed by atoms with Gasteiger partial charge in [0.2, 0.25) is 0 Å². The highest BCUT2D eigenvalue weighted by Crippen LogP contribution is 2.54. The van der Waals surface area contributed by atoms with Crippen molar-refractivity contribution in [2.75, 3.05) is 49.6 Å². The SMILES string of the molecule is CC(C)c1ccccc1[C@@H]1CCCN1C1CC2(CCN(c3ccc(C(=O)NS(=O)(=O)c4ccc(NCC5CC6COCC6C5)c([N+](=O)[O-])c4)c(Oc4cnc5[nH]ccc5c4)c3)CC2)C1. The molecule has 5 aromatic rings. The number of carbonyl (C=O) groups excluding carboxylic acids is 1. The summed E-state index contributed by atoms with van der Waals surface area (Å²) in [6.45, 7) is 9.49. The number of carbonyl (C=O) groups is 1. The van der Waals surface area contributed by atoms with Gasteiger partial charge in [0.25, 0.3) is 21.6 Å². The van der Waals surface area contributed by atoms with Gasteiger partial charge in [-0.15, -0.1) is 0 Å². The highest BCUT2D eigenvalue weighted by Gasteiger charge is 2.50. The quantitative estimate of drug-likeness (QED) is 0.0761. The van der Waals surface area contributed by atoms with Gasteiger partial charge in [-0.05, 0) is 135 Å². The summed E-state index contributed by atoms with van der Waals surface area (Å²) in [6.07, 6.45) is 12.3. The van der Waals surface area contributed by atoms with Crippen molar-refractivity contribution >= 4 is 44.0 Å². The van der Waals surface area contributed by atoms with Crippen molar-refractivity contribution in [2.24, 2.45) is 23.2 Å². The third kappa shape index (κ3) is 8.33. The average molecular weight is 888 g/mol. The molecule has 2 aliphatic carbocycles. The number of anilines is 2. The molecule has 3 saturated heterocycles. The molecule has 0 bridgehead atoms. The monoisotopic (exact) mass is 887 g/mol. The van der Waals surface area contributed by atoms with Crippen LogP contribution in [0.25, 0.3) is 11.0 Å². The van der Waals surface area contributed by atoms with Crippen LogP contribution in [0.3, 0.4) is 0 Å². The van der Waals surface area contributed by atoms with Crippen LogP contribution in [0.15, 0.2) is 90.1 Å². The number of likely N-dealkylation sites (tertiary alicyclic amines) is 1. The van der Waals surface area contributed by atoms with E-state index in [0.29, 0.717) is 59.1 Å². The third-order valence-electron chi connectivity index (χ3n) is 15.0. The molecule has 0 radical (unpaired) electrons. The lowest BCUT2D eigenvalue weighted by atomic mass is 9.59. The number of hydrogen-bond acceptors (Lipinski definition) is 11. The maximum Gasteiger partial charge on any atom is 0.293 e. The molecule has 3 atom stereocenters. The number of nitrogens with one attached hydrogen (secondary N) is 3. The Morgan fingerprint density at radius 2 is 1.80 bits per heavy atom. The van der Waals surface area contributed by atoms with Crippen molar-refractivity contribution in [3.63, 3.8) is 0 Å². The number of aromatic amines is 1. The average Bonchev–Trinajstić information content (AvgIpc) is 4.10. The summed E-state index contributed by atoms with van der Waals surface area (Å²) in [4.78, 5) is 37.8. The van der Waals surface area contributed by atoms with Gasteiger partial charge >= 0.3 is 0 Å². The molecule has 14 nitrogen and oxygen atoms in total. The van der Waals surface area contributed by atoms with Gasteiger partial charge in [-0.3, -0.25) is 19.8 Å². The molecule has 10 rings (SSSR count). The number of benzene rings is 3. The van der Waals surface area contributed by atoms with Crippen molar-refractivity contribution in [2.45, 2.75) is 88.1 Å². The summed E-state index contributed by atoms with van der Waals surface area (Å²) in [5.74, 6) is 1.50. The molecule has 2 aromatic heterocycles. The number of nitro groups is 1. The van der Waals surface area contributed by atoms with E-state index in [0.717, 1.165) is 75.7 Å². The zero-order valence-electron chi connectivity index (χ0n) is 36.5. The maximum atomic E-state index is 14.0. The molecule has 1 amide bonds. The molecule has 336 valence electrons. The second-order valence-electron chi connectivity index (χ2n) is 19.2. The predicted molar refractivity (Wildman–Crippen MR) is 245 cm³/mol. The molecule has 5 aliphatic rings. The van der Waals surface area contributed by atoms with Crippen LogP contribution in [-0.4, -0.2) is 79.6 Å². The first-order chi connectivity index (χ1) is 30.9. The van der Waals surface area contributed by atoms with Gasteiger partial charge in [0.05, 0.1) is 21.6 Å². The molecule has 5 fully saturated rings. The lowest BCUT2D eigenvalue weighted by Gasteiger charge is -2.56. The lowest BCUT2D eigenvalue weighted by Crippen LogP contribution is -2.54. The molecule has 3 aliphatic heterocycles. The predicted octanol–water partition coefficient (Wildman–Crippen LogP) is 9.18. The molecule has 3 N–H and O–H groups in total. The Labute approximate surface area is 374 Å². The summed E-state index contributed by atoms with van der Waals surface area (Å²) >= 11 is 0. The number of sulfonamides is 1. The molecule has 2 saturated carbocycles. The van der Waals surface area contributed by atoms with Gasteiger partial charge in [0.15, 0.2) is 0 Å². The molecular weight excluding hydrogens is 831 g/mol. The second-order valence-corrected chi connectivity index (χ2v) is 20.9. The molecule has 2 unspecified atom stereocenters. The number of ether oxygens (including phenoxy) is 2. The normalized spacial score (nSPS) is 23.4. The number of nitrogens with zero attached hydrogens (tertiary/aromatic N) is 4. The Morgan fingerprint density at radius 1 is 1.02 bits per heavy atom. The number of fused-ring (bicyclic) bond motifs is 2. The first-order valence-corrected chi connectivity index (χ1v) is 24.4. The number of pyridine rings is 1. The Balaban J connectivity index is 0.835. The van der Waals surface area contributed by atoms with Crippen molar-refractivity contribution in [1.82, 2.24) is 19.6 Å². The molecule has 15 heteroatoms. The largest absolute Gasteiger partial charge is 0.455 e. The molecule has 5 heterocycles. The van der Waals surface area contributed by atoms with Gasteiger partial charge in [-0.2, -0.15) is 0 Å². The third-order valence-corrected chi connectivity index (χ3v) is 16.3. The van der Waals surface area contributed by atoms with E-state index in [-0.39, 0.29) is 22.7 Å². The van der Waals surface area contributed by atoms with Gasteiger partial charge < -0.3 is 24.7 Å². The highest BCUT2D eigenvalue weighted by molar-refractivity contribution is 7.90. The number of amides is 1. The van der Waals surface area contributed by atoms with Crippen LogP contribution in [0.5, 0.6) is 11.5 Å². The fraction of sp³-hybridized carbons (Fsp3) is 0.469. The van der Waals surface area contributed by atoms with E-state index in [2.05, 4.69) is 67.9 Å². The van der Waals surface area contributed by atoms with E-state index >= 15 is 0 Å². The topological polar surface area (TPSA) is 172 Å². The van der Waals surface area contributed by atoms with Crippen molar-refractivity contribution in [3.8, 4) is 11.5 Å². The Kier molecular flexibility index (Phi) is 11.4. The number of hydrogen-bond donors (Lipinski definition) is 3. The van der Waals surface area contributed by atoms with Crippen LogP contribution >= 0.6 is 0 Å². The fourth-order valence-electron chi connectivity index (χ4n) is 11.6. The van der Waals surface area contributed by atoms with E-state index in [4.69, 9.17) is 9.47 Å². The number of aromatic nitrogens is 2. The second kappa shape index (κ2) is 17.1. The Hall–Kier alpha value is -5.51. The number of piperidine rings is 1. The van der Waals surface area contributed by atoms with Crippen LogP contribution in [0, 0.1) is 33.3 Å². The minimum Gasteiger partial charge on any atom is -0.455 e. The van der Waals surface area contributed by atoms with Gasteiger partial charge in [0.1, 0.15) is 22.8 Å². The van der Waals surface area contributed by atoms with E-state index in [9.17, 15) is 23.3 Å². The van der Waals surface area contributed by atoms with Gasteiger partial charge in [0, 0.05) is 74.3 Å². The van der Waals surface area contributed by atoms with E-state index in [1.54, 1.807) is 30.6 Å². The summed E-state index contributed by atoms with van der Waals surface area (Å²) in [7, 11) is -4.54. The number of H-pyrrole nitrogens is 1. The van der Waals surface area contributed by atoms with Crippen molar-refractivity contribution in [3.05, 3.63) is 112 Å². The fourth-order valence-corrected chi connectivity index (χ4v) is 12.5. The summed E-state index contributed by atoms with van der Waals surface area (Å²) in [5.41, 5.74) is 4.67. The van der Waals surface area contributed by atoms with Crippen molar-refractivity contribution in [1.29, 1.82) is 0 Å². The minimum atomic E-state index is -4.54. The Bertz CT molecular complexity index is 2660. The smallest absolute Gasteiger partial charge is 0.293 e. The van der Waals surface area contributed by atoms with E-state index in [1.165, 1.54) is 48.9 Å². The zero-order valence-corrected chi connectivity index (χ0v) is 37.3. The summed E-state index contributed by atoms with van der Waals surface area (Å²) in [5, 5.41) is 16.2. The molecule has 1 spiro atoms. The number of rotatable bonds is 13. The maximum absolute atomic E-state index is 14.0. The molecule has 64 heavy (non-hydrogen) atoms. The van der Waals surface area contributed by atoms with Gasteiger partial charge in [-0.25, -0.2) is 18.1 Å². The van der Waals surface area contributed by atoms with Crippen molar-refractivity contribution < 1.29 is 27.6 Å². The highest BCUT2D eigenvalue weighted by atomic mass is 32.2. The lowest BCUT2D eigenvalue weighted by molar-refractivity contribution is -0.384. The van der Waals surface area contributed by atoms with Crippen LogP contribution in [0.1, 0.15) is 98.7 Å². The van der Waals surface area contributed by atoms with Crippen LogP contribution in [0.4, 0.5) is 17.1 Å². The minimum absolute atomic E-state index is 0.00414. The van der Waals surface area contributed by atoms with E-state index in [1.807, 2.05) is 12.1 Å². The standard InChI is InChI=1S/C49H57N7O7S/c1-31(2)40-6-3-4-7-41(40)44-8-5-17-55(44)37-25-49(26-37)14-18-54(19-15-49)36-9-11-42(46(23-36)63-38-22-33-13-16-50-47(33)52-28-38)48(57)53-64(60,61)39-10-12-43(45(24-39)56(58)59)51-27-32-20-34-29-62-30-35(34)21-32/h3-4,6-7,9-13,16,22-24,28,31-32,34-35,37,44,51H,5,8,14-15,17-21,25-27,29-30H2,1-2H3,(H,50,52)(H,53,57)/t32?,34?,35?,44-/m0/s1. The van der Waals surface area contributed by atoms with E-state index < -0.39 is 25.7 Å². The molecular formula is C49H57N7O7S. The van der Waals surface area contributed by atoms with Crippen LogP contribution < -0.4 is 19.7 Å². The van der Waals surface area contributed by atoms with Crippen LogP contribution in [-0.2, 0) is 14.8 Å². The number of nitro benzene ring substituents is 1. The summed E-state index contributed by atoms with van der Waals surface area (Å²) in [6, 6.07) is 22.6. The molecule has 3 aromatic carbocycles. The van der Waals surface area contributed by atoms with Crippen LogP contribution in [0.2, 0.25) is 0 Å². The first kappa shape index (κ1) is 42.4. The zero-order chi connectivity index (χ0) is 44.2. The first-order valence-electron chi connectivity index (χ1n) is 22.9. The summed E-state index contributed by atoms with van der Waals surface area (Å²) < 4.78 is 41.6.